The summed E-state index contributed by atoms with van der Waals surface area (Å²) in [7, 11) is 1.58. The minimum atomic E-state index is -0.173. The fraction of sp³-hybridized carbons (Fsp3) is 0.261. The lowest BCUT2D eigenvalue weighted by atomic mass is 10.1. The average molecular weight is 392 g/mol. The Kier molecular flexibility index (Phi) is 6.79. The van der Waals surface area contributed by atoms with Gasteiger partial charge in [-0.1, -0.05) is 30.3 Å². The van der Waals surface area contributed by atoms with Gasteiger partial charge in [-0.15, -0.1) is 0 Å². The Hall–Kier alpha value is -3.41. The van der Waals surface area contributed by atoms with Gasteiger partial charge in [0.2, 0.25) is 5.91 Å². The third kappa shape index (κ3) is 5.54. The van der Waals surface area contributed by atoms with Gasteiger partial charge in [-0.05, 0) is 36.4 Å². The molecular formula is C23H24N2O4. The number of carbonyl (C=O) groups excluding carboxylic acids is 2. The molecule has 2 aromatic carbocycles. The first-order valence-electron chi connectivity index (χ1n) is 9.62. The van der Waals surface area contributed by atoms with Crippen molar-refractivity contribution < 1.29 is 14.3 Å². The van der Waals surface area contributed by atoms with Gasteiger partial charge in [-0.2, -0.15) is 0 Å². The molecule has 1 heterocycles. The van der Waals surface area contributed by atoms with Gasteiger partial charge in [0, 0.05) is 36.6 Å². The van der Waals surface area contributed by atoms with Crippen LogP contribution >= 0.6 is 0 Å². The van der Waals surface area contributed by atoms with E-state index >= 15 is 0 Å². The van der Waals surface area contributed by atoms with Gasteiger partial charge in [0.15, 0.2) is 5.78 Å². The molecule has 0 fully saturated rings. The second-order valence-corrected chi connectivity index (χ2v) is 6.82. The van der Waals surface area contributed by atoms with Gasteiger partial charge < -0.3 is 15.0 Å². The van der Waals surface area contributed by atoms with Gasteiger partial charge >= 0.3 is 0 Å². The molecule has 0 aliphatic carbocycles. The number of H-pyrrole nitrogens is 1. The first-order chi connectivity index (χ1) is 14.1. The predicted octanol–water partition coefficient (Wildman–Crippen LogP) is 3.25. The molecular weight excluding hydrogens is 368 g/mol. The molecule has 1 aromatic heterocycles. The highest BCUT2D eigenvalue weighted by Gasteiger charge is 2.08. The Morgan fingerprint density at radius 1 is 1.03 bits per heavy atom. The SMILES string of the molecule is COc1ccc2cc(CCNC(=O)CCCC(=O)c3ccccc3)c(=O)[nH]c2c1. The smallest absolute Gasteiger partial charge is 0.251 e. The minimum absolute atomic E-state index is 0.0396. The van der Waals surface area contributed by atoms with E-state index in [-0.39, 0.29) is 23.7 Å². The molecule has 0 spiro atoms. The fourth-order valence-corrected chi connectivity index (χ4v) is 3.14. The van der Waals surface area contributed by atoms with E-state index in [4.69, 9.17) is 4.74 Å². The summed E-state index contributed by atoms with van der Waals surface area (Å²) in [6.45, 7) is 0.371. The van der Waals surface area contributed by atoms with Crippen LogP contribution < -0.4 is 15.6 Å². The maximum Gasteiger partial charge on any atom is 0.251 e. The van der Waals surface area contributed by atoms with E-state index in [2.05, 4.69) is 10.3 Å². The Bertz CT molecular complexity index is 1060. The maximum absolute atomic E-state index is 12.2. The number of aromatic amines is 1. The number of ketones is 1. The van der Waals surface area contributed by atoms with E-state index in [1.807, 2.05) is 36.4 Å². The van der Waals surface area contributed by atoms with Gasteiger partial charge in [-0.3, -0.25) is 14.4 Å². The van der Waals surface area contributed by atoms with Crippen LogP contribution in [-0.4, -0.2) is 30.3 Å². The van der Waals surface area contributed by atoms with Gasteiger partial charge in [-0.25, -0.2) is 0 Å². The number of hydrogen-bond donors (Lipinski definition) is 2. The third-order valence-corrected chi connectivity index (χ3v) is 4.75. The summed E-state index contributed by atoms with van der Waals surface area (Å²) in [6.07, 6.45) is 1.56. The number of ether oxygens (including phenoxy) is 1. The molecule has 0 atom stereocenters. The summed E-state index contributed by atoms with van der Waals surface area (Å²) in [5.41, 5.74) is 1.82. The van der Waals surface area contributed by atoms with E-state index < -0.39 is 0 Å². The normalized spacial score (nSPS) is 10.7. The number of pyridine rings is 1. The summed E-state index contributed by atoms with van der Waals surface area (Å²) >= 11 is 0. The van der Waals surface area contributed by atoms with Crippen molar-refractivity contribution in [2.24, 2.45) is 0 Å². The zero-order valence-electron chi connectivity index (χ0n) is 16.4. The summed E-state index contributed by atoms with van der Waals surface area (Å²) in [5, 5.41) is 3.72. The first-order valence-corrected chi connectivity index (χ1v) is 9.62. The largest absolute Gasteiger partial charge is 0.497 e. The van der Waals surface area contributed by atoms with E-state index in [0.717, 1.165) is 5.39 Å². The number of carbonyl (C=O) groups is 2. The topological polar surface area (TPSA) is 88.3 Å². The molecule has 29 heavy (non-hydrogen) atoms. The number of rotatable bonds is 9. The second kappa shape index (κ2) is 9.68. The van der Waals surface area contributed by atoms with Crippen molar-refractivity contribution >= 4 is 22.6 Å². The highest BCUT2D eigenvalue weighted by atomic mass is 16.5. The Labute approximate surface area is 168 Å². The number of methoxy groups -OCH3 is 1. The molecule has 0 radical (unpaired) electrons. The van der Waals surface area contributed by atoms with Crippen LogP contribution in [0.5, 0.6) is 5.75 Å². The number of aromatic nitrogens is 1. The molecule has 3 rings (SSSR count). The second-order valence-electron chi connectivity index (χ2n) is 6.82. The van der Waals surface area contributed by atoms with Crippen molar-refractivity contribution in [3.63, 3.8) is 0 Å². The Morgan fingerprint density at radius 2 is 1.83 bits per heavy atom. The summed E-state index contributed by atoms with van der Waals surface area (Å²) < 4.78 is 5.17. The summed E-state index contributed by atoms with van der Waals surface area (Å²) in [6, 6.07) is 16.4. The predicted molar refractivity (Wildman–Crippen MR) is 112 cm³/mol. The number of nitrogens with one attached hydrogen (secondary N) is 2. The average Bonchev–Trinajstić information content (AvgIpc) is 2.74. The summed E-state index contributed by atoms with van der Waals surface area (Å²) in [5.74, 6) is 0.601. The van der Waals surface area contributed by atoms with Gasteiger partial charge in [0.1, 0.15) is 5.75 Å². The highest BCUT2D eigenvalue weighted by Crippen LogP contribution is 2.18. The third-order valence-electron chi connectivity index (χ3n) is 4.75. The molecule has 150 valence electrons. The van der Waals surface area contributed by atoms with Crippen molar-refractivity contribution in [2.75, 3.05) is 13.7 Å². The lowest BCUT2D eigenvalue weighted by molar-refractivity contribution is -0.121. The number of fused-ring (bicyclic) bond motifs is 1. The summed E-state index contributed by atoms with van der Waals surface area (Å²) in [4.78, 5) is 39.1. The molecule has 0 aliphatic heterocycles. The lowest BCUT2D eigenvalue weighted by Gasteiger charge is -2.07. The number of benzene rings is 2. The molecule has 0 saturated carbocycles. The van der Waals surface area contributed by atoms with Crippen molar-refractivity contribution in [1.82, 2.24) is 10.3 Å². The number of Topliss-reactive ketones (excluding diaryl/α,β-unsaturated/α-hetero) is 1. The molecule has 1 amide bonds. The van der Waals surface area contributed by atoms with Crippen LogP contribution in [0.4, 0.5) is 0 Å². The molecule has 0 bridgehead atoms. The highest BCUT2D eigenvalue weighted by molar-refractivity contribution is 5.96. The molecule has 2 N–H and O–H groups in total. The molecule has 6 heteroatoms. The van der Waals surface area contributed by atoms with Crippen LogP contribution in [0.2, 0.25) is 0 Å². The molecule has 6 nitrogen and oxygen atoms in total. The zero-order chi connectivity index (χ0) is 20.6. The first kappa shape index (κ1) is 20.3. The van der Waals surface area contributed by atoms with Crippen molar-refractivity contribution in [1.29, 1.82) is 0 Å². The van der Waals surface area contributed by atoms with Crippen LogP contribution in [0.3, 0.4) is 0 Å². The minimum Gasteiger partial charge on any atom is -0.497 e. The lowest BCUT2D eigenvalue weighted by Crippen LogP contribution is -2.27. The van der Waals surface area contributed by atoms with Crippen LogP contribution in [0.25, 0.3) is 10.9 Å². The molecule has 0 unspecified atom stereocenters. The van der Waals surface area contributed by atoms with Crippen LogP contribution in [-0.2, 0) is 11.2 Å². The van der Waals surface area contributed by atoms with Crippen molar-refractivity contribution in [3.8, 4) is 5.75 Å². The number of hydrogen-bond acceptors (Lipinski definition) is 4. The molecule has 0 aliphatic rings. The zero-order valence-corrected chi connectivity index (χ0v) is 16.4. The van der Waals surface area contributed by atoms with Crippen molar-refractivity contribution in [3.05, 3.63) is 76.1 Å². The van der Waals surface area contributed by atoms with Gasteiger partial charge in [0.05, 0.1) is 12.6 Å². The fourth-order valence-electron chi connectivity index (χ4n) is 3.14. The Balaban J connectivity index is 1.46. The monoisotopic (exact) mass is 392 g/mol. The van der Waals surface area contributed by atoms with E-state index in [1.54, 1.807) is 25.3 Å². The molecule has 3 aromatic rings. The van der Waals surface area contributed by atoms with Crippen LogP contribution in [0, 0.1) is 0 Å². The van der Waals surface area contributed by atoms with Crippen LogP contribution in [0.15, 0.2) is 59.4 Å². The van der Waals surface area contributed by atoms with E-state index in [0.29, 0.717) is 48.2 Å². The van der Waals surface area contributed by atoms with Crippen LogP contribution in [0.1, 0.15) is 35.2 Å². The van der Waals surface area contributed by atoms with Gasteiger partial charge in [0.25, 0.3) is 5.56 Å². The molecule has 0 saturated heterocycles. The van der Waals surface area contributed by atoms with E-state index in [9.17, 15) is 14.4 Å². The Morgan fingerprint density at radius 3 is 2.59 bits per heavy atom. The number of amides is 1. The standard InChI is InChI=1S/C23H24N2O4/c1-29-19-11-10-17-14-18(23(28)25-20(17)15-19)12-13-24-22(27)9-5-8-21(26)16-6-3-2-4-7-16/h2-4,6-7,10-11,14-15H,5,8-9,12-13H2,1H3,(H,24,27)(H,25,28). The quantitative estimate of drug-likeness (QED) is 0.547. The van der Waals surface area contributed by atoms with E-state index in [1.165, 1.54) is 0 Å². The van der Waals surface area contributed by atoms with Crippen molar-refractivity contribution in [2.45, 2.75) is 25.7 Å². The maximum atomic E-state index is 12.2.